The maximum Gasteiger partial charge on any atom is 0.234 e. The second kappa shape index (κ2) is 3.70. The summed E-state index contributed by atoms with van der Waals surface area (Å²) in [6, 6.07) is 10.4. The van der Waals surface area contributed by atoms with Crippen molar-refractivity contribution in [2.24, 2.45) is 0 Å². The Morgan fingerprint density at radius 2 is 2.00 bits per heavy atom. The molecule has 3 nitrogen and oxygen atoms in total. The summed E-state index contributed by atoms with van der Waals surface area (Å²) in [5.74, 6) is 0.751. The Morgan fingerprint density at radius 1 is 1.12 bits per heavy atom. The average Bonchev–Trinajstić information content (AvgIpc) is 2.71. The van der Waals surface area contributed by atoms with Gasteiger partial charge >= 0.3 is 0 Å². The number of hydrogen-bond donors (Lipinski definition) is 0. The number of fused-ring (bicyclic) bond motifs is 1. The predicted molar refractivity (Wildman–Crippen MR) is 67.9 cm³/mol. The van der Waals surface area contributed by atoms with E-state index in [1.807, 2.05) is 29.8 Å². The fourth-order valence-corrected chi connectivity index (χ4v) is 1.98. The van der Waals surface area contributed by atoms with E-state index in [1.54, 1.807) is 0 Å². The van der Waals surface area contributed by atoms with E-state index in [-0.39, 0.29) is 0 Å². The van der Waals surface area contributed by atoms with Gasteiger partial charge in [-0.05, 0) is 26.0 Å². The molecule has 0 amide bonds. The average molecular weight is 223 g/mol. The van der Waals surface area contributed by atoms with E-state index in [2.05, 4.69) is 41.2 Å². The van der Waals surface area contributed by atoms with Gasteiger partial charge in [0.05, 0.1) is 11.9 Å². The summed E-state index contributed by atoms with van der Waals surface area (Å²) in [5.41, 5.74) is 4.48. The molecule has 0 atom stereocenters. The number of aromatic nitrogens is 3. The van der Waals surface area contributed by atoms with Gasteiger partial charge in [0.15, 0.2) is 0 Å². The summed E-state index contributed by atoms with van der Waals surface area (Å²) in [6.07, 6.45) is 3.89. The number of rotatable bonds is 1. The number of aryl methyl sites for hydroxylation is 2. The Hall–Kier alpha value is -2.16. The third-order valence-corrected chi connectivity index (χ3v) is 2.83. The molecule has 3 rings (SSSR count). The van der Waals surface area contributed by atoms with Crippen LogP contribution in [0.3, 0.4) is 0 Å². The van der Waals surface area contributed by atoms with Crippen LogP contribution in [0.2, 0.25) is 0 Å². The fourth-order valence-electron chi connectivity index (χ4n) is 1.98. The minimum absolute atomic E-state index is 0.751. The van der Waals surface area contributed by atoms with Crippen LogP contribution in [-0.4, -0.2) is 14.4 Å². The van der Waals surface area contributed by atoms with Crippen molar-refractivity contribution in [2.75, 3.05) is 0 Å². The lowest BCUT2D eigenvalue weighted by Crippen LogP contribution is -1.92. The van der Waals surface area contributed by atoms with Gasteiger partial charge in [-0.15, -0.1) is 0 Å². The van der Waals surface area contributed by atoms with Crippen LogP contribution in [0, 0.1) is 13.8 Å². The van der Waals surface area contributed by atoms with Crippen molar-refractivity contribution in [3.63, 3.8) is 0 Å². The quantitative estimate of drug-likeness (QED) is 0.634. The van der Waals surface area contributed by atoms with Gasteiger partial charge < -0.3 is 0 Å². The molecule has 84 valence electrons. The van der Waals surface area contributed by atoms with E-state index in [0.717, 1.165) is 17.2 Å². The molecule has 0 fully saturated rings. The van der Waals surface area contributed by atoms with Crippen LogP contribution in [0.15, 0.2) is 42.7 Å². The summed E-state index contributed by atoms with van der Waals surface area (Å²) < 4.78 is 2.02. The molecule has 0 aliphatic heterocycles. The predicted octanol–water partition coefficient (Wildman–Crippen LogP) is 3.01. The minimum atomic E-state index is 0.751. The first kappa shape index (κ1) is 10.0. The molecule has 3 heteroatoms. The van der Waals surface area contributed by atoms with Gasteiger partial charge in [-0.3, -0.25) is 4.40 Å². The highest BCUT2D eigenvalue weighted by Gasteiger charge is 2.06. The van der Waals surface area contributed by atoms with Crippen LogP contribution in [-0.2, 0) is 0 Å². The molecule has 2 heterocycles. The maximum atomic E-state index is 4.40. The van der Waals surface area contributed by atoms with Crippen molar-refractivity contribution in [1.29, 1.82) is 0 Å². The standard InChI is InChI=1S/C14H13N3/c1-10-4-3-5-12(8-10)13-9-15-14-16-11(2)6-7-17(13)14/h3-9H,1-2H3. The van der Waals surface area contributed by atoms with Crippen LogP contribution < -0.4 is 0 Å². The van der Waals surface area contributed by atoms with Crippen LogP contribution in [0.1, 0.15) is 11.3 Å². The Bertz CT molecular complexity index is 683. The molecule has 1 aromatic carbocycles. The van der Waals surface area contributed by atoms with Crippen LogP contribution >= 0.6 is 0 Å². The van der Waals surface area contributed by atoms with Gasteiger partial charge in [0.25, 0.3) is 0 Å². The molecule has 0 aliphatic carbocycles. The Labute approximate surface area is 99.8 Å². The number of nitrogens with zero attached hydrogens (tertiary/aromatic N) is 3. The molecule has 0 saturated carbocycles. The van der Waals surface area contributed by atoms with Crippen LogP contribution in [0.4, 0.5) is 0 Å². The lowest BCUT2D eigenvalue weighted by molar-refractivity contribution is 1.07. The molecule has 0 bridgehead atoms. The molecule has 0 spiro atoms. The summed E-state index contributed by atoms with van der Waals surface area (Å²) >= 11 is 0. The summed E-state index contributed by atoms with van der Waals surface area (Å²) in [7, 11) is 0. The summed E-state index contributed by atoms with van der Waals surface area (Å²) in [5, 5.41) is 0. The molecular weight excluding hydrogens is 210 g/mol. The highest BCUT2D eigenvalue weighted by atomic mass is 15.1. The molecule has 17 heavy (non-hydrogen) atoms. The van der Waals surface area contributed by atoms with Crippen molar-refractivity contribution in [3.8, 4) is 11.3 Å². The third-order valence-electron chi connectivity index (χ3n) is 2.83. The first-order chi connectivity index (χ1) is 8.24. The number of benzene rings is 1. The molecule has 0 N–H and O–H groups in total. The monoisotopic (exact) mass is 223 g/mol. The first-order valence-electron chi connectivity index (χ1n) is 5.62. The largest absolute Gasteiger partial charge is 0.284 e. The van der Waals surface area contributed by atoms with Crippen molar-refractivity contribution < 1.29 is 0 Å². The Kier molecular flexibility index (Phi) is 2.18. The lowest BCUT2D eigenvalue weighted by atomic mass is 10.1. The highest BCUT2D eigenvalue weighted by Crippen LogP contribution is 2.20. The van der Waals surface area contributed by atoms with E-state index in [1.165, 1.54) is 11.1 Å². The minimum Gasteiger partial charge on any atom is -0.284 e. The third kappa shape index (κ3) is 1.69. The van der Waals surface area contributed by atoms with Crippen molar-refractivity contribution in [3.05, 3.63) is 54.0 Å². The molecule has 0 aliphatic rings. The molecule has 0 radical (unpaired) electrons. The van der Waals surface area contributed by atoms with Gasteiger partial charge in [-0.25, -0.2) is 9.97 Å². The second-order valence-electron chi connectivity index (χ2n) is 4.25. The van der Waals surface area contributed by atoms with Crippen LogP contribution in [0.25, 0.3) is 17.0 Å². The zero-order chi connectivity index (χ0) is 11.8. The molecule has 3 aromatic rings. The van der Waals surface area contributed by atoms with Gasteiger partial charge in [0, 0.05) is 17.5 Å². The molecule has 0 saturated heterocycles. The molecular formula is C14H13N3. The molecule has 2 aromatic heterocycles. The van der Waals surface area contributed by atoms with E-state index < -0.39 is 0 Å². The SMILES string of the molecule is Cc1cccc(-c2cnc3nc(C)ccn23)c1. The number of imidazole rings is 1. The topological polar surface area (TPSA) is 30.2 Å². The lowest BCUT2D eigenvalue weighted by Gasteiger charge is -2.02. The van der Waals surface area contributed by atoms with Gasteiger partial charge in [0.2, 0.25) is 5.78 Å². The Balaban J connectivity index is 2.24. The van der Waals surface area contributed by atoms with E-state index in [4.69, 9.17) is 0 Å². The maximum absolute atomic E-state index is 4.40. The fraction of sp³-hybridized carbons (Fsp3) is 0.143. The van der Waals surface area contributed by atoms with Crippen LogP contribution in [0.5, 0.6) is 0 Å². The highest BCUT2D eigenvalue weighted by molar-refractivity contribution is 5.63. The second-order valence-corrected chi connectivity index (χ2v) is 4.25. The van der Waals surface area contributed by atoms with Crippen molar-refractivity contribution in [1.82, 2.24) is 14.4 Å². The van der Waals surface area contributed by atoms with E-state index in [9.17, 15) is 0 Å². The summed E-state index contributed by atoms with van der Waals surface area (Å²) in [4.78, 5) is 8.73. The van der Waals surface area contributed by atoms with E-state index in [0.29, 0.717) is 0 Å². The molecule has 0 unspecified atom stereocenters. The smallest absolute Gasteiger partial charge is 0.234 e. The normalized spacial score (nSPS) is 10.9. The van der Waals surface area contributed by atoms with E-state index >= 15 is 0 Å². The number of hydrogen-bond acceptors (Lipinski definition) is 2. The van der Waals surface area contributed by atoms with Crippen molar-refractivity contribution in [2.45, 2.75) is 13.8 Å². The van der Waals surface area contributed by atoms with Gasteiger partial charge in [-0.2, -0.15) is 0 Å². The summed E-state index contributed by atoms with van der Waals surface area (Å²) in [6.45, 7) is 4.07. The first-order valence-corrected chi connectivity index (χ1v) is 5.62. The van der Waals surface area contributed by atoms with Crippen molar-refractivity contribution >= 4 is 5.78 Å². The zero-order valence-electron chi connectivity index (χ0n) is 9.88. The van der Waals surface area contributed by atoms with Gasteiger partial charge in [-0.1, -0.05) is 23.8 Å². The Morgan fingerprint density at radius 3 is 2.82 bits per heavy atom. The van der Waals surface area contributed by atoms with Gasteiger partial charge in [0.1, 0.15) is 0 Å². The zero-order valence-corrected chi connectivity index (χ0v) is 9.88.